The monoisotopic (exact) mass is 518 g/mol. The van der Waals surface area contributed by atoms with E-state index in [0.29, 0.717) is 30.2 Å². The molecule has 0 atom stereocenters. The highest BCUT2D eigenvalue weighted by Crippen LogP contribution is 2.33. The Balaban J connectivity index is 1.39. The first-order valence-corrected chi connectivity index (χ1v) is 13.1. The Bertz CT molecular complexity index is 1210. The lowest BCUT2D eigenvalue weighted by atomic mass is 9.98. The zero-order chi connectivity index (χ0) is 26.9. The molecule has 0 spiro atoms. The van der Waals surface area contributed by atoms with Gasteiger partial charge in [0.2, 0.25) is 0 Å². The molecule has 0 unspecified atom stereocenters. The van der Waals surface area contributed by atoms with Crippen molar-refractivity contribution in [2.75, 3.05) is 54.6 Å². The van der Waals surface area contributed by atoms with E-state index in [-0.39, 0.29) is 5.91 Å². The third-order valence-corrected chi connectivity index (χ3v) is 7.09. The Kier molecular flexibility index (Phi) is 9.49. The van der Waals surface area contributed by atoms with Crippen LogP contribution in [0.5, 0.6) is 23.0 Å². The van der Waals surface area contributed by atoms with Crippen molar-refractivity contribution >= 4 is 5.91 Å². The van der Waals surface area contributed by atoms with Crippen LogP contribution >= 0.6 is 0 Å². The molecule has 3 aromatic rings. The zero-order valence-corrected chi connectivity index (χ0v) is 22.9. The number of fused-ring (bicyclic) bond motifs is 1. The summed E-state index contributed by atoms with van der Waals surface area (Å²) < 4.78 is 21.7. The fourth-order valence-corrected chi connectivity index (χ4v) is 4.99. The predicted molar refractivity (Wildman–Crippen MR) is 149 cm³/mol. The van der Waals surface area contributed by atoms with Crippen LogP contribution in [-0.2, 0) is 19.4 Å². The summed E-state index contributed by atoms with van der Waals surface area (Å²) in [5.41, 5.74) is 4.21. The average molecular weight is 519 g/mol. The van der Waals surface area contributed by atoms with Crippen LogP contribution in [0.4, 0.5) is 0 Å². The molecule has 1 aliphatic rings. The number of hydrogen-bond donors (Lipinski definition) is 0. The zero-order valence-electron chi connectivity index (χ0n) is 22.9. The van der Waals surface area contributed by atoms with Crippen LogP contribution in [0.2, 0.25) is 0 Å². The van der Waals surface area contributed by atoms with Crippen LogP contribution in [0.1, 0.15) is 33.5 Å². The molecule has 0 aliphatic carbocycles. The van der Waals surface area contributed by atoms with E-state index in [2.05, 4.69) is 35.2 Å². The average Bonchev–Trinajstić information content (AvgIpc) is 2.96. The molecule has 38 heavy (non-hydrogen) atoms. The minimum atomic E-state index is 0.0622. The standard InChI is InChI=1S/C31H38N2O5/c1-35-27-12-11-23(19-28(27)36-2)13-17-32(22-24-9-6-5-7-10-24)15-8-16-33-18-14-25-20-29(37-3)30(38-4)21-26(25)31(33)34/h5-7,9-12,19-21H,8,13-18,22H2,1-4H3. The summed E-state index contributed by atoms with van der Waals surface area (Å²) in [6.45, 7) is 4.09. The van der Waals surface area contributed by atoms with E-state index >= 15 is 0 Å². The van der Waals surface area contributed by atoms with Crippen LogP contribution in [0.25, 0.3) is 0 Å². The van der Waals surface area contributed by atoms with Gasteiger partial charge < -0.3 is 23.8 Å². The fourth-order valence-electron chi connectivity index (χ4n) is 4.99. The summed E-state index contributed by atoms with van der Waals surface area (Å²) in [6.07, 6.45) is 2.60. The highest BCUT2D eigenvalue weighted by Gasteiger charge is 2.26. The molecule has 0 bridgehead atoms. The number of carbonyl (C=O) groups is 1. The quantitative estimate of drug-likeness (QED) is 0.322. The summed E-state index contributed by atoms with van der Waals surface area (Å²) >= 11 is 0. The van der Waals surface area contributed by atoms with Crippen molar-refractivity contribution in [1.82, 2.24) is 9.80 Å². The van der Waals surface area contributed by atoms with Crippen molar-refractivity contribution in [3.63, 3.8) is 0 Å². The van der Waals surface area contributed by atoms with Crippen molar-refractivity contribution < 1.29 is 23.7 Å². The van der Waals surface area contributed by atoms with Gasteiger partial charge in [0, 0.05) is 38.3 Å². The van der Waals surface area contributed by atoms with Gasteiger partial charge in [0.15, 0.2) is 23.0 Å². The smallest absolute Gasteiger partial charge is 0.254 e. The van der Waals surface area contributed by atoms with Gasteiger partial charge in [-0.15, -0.1) is 0 Å². The van der Waals surface area contributed by atoms with Gasteiger partial charge in [-0.25, -0.2) is 0 Å². The molecule has 1 heterocycles. The summed E-state index contributed by atoms with van der Waals surface area (Å²) in [7, 11) is 6.53. The highest BCUT2D eigenvalue weighted by atomic mass is 16.5. The van der Waals surface area contributed by atoms with E-state index < -0.39 is 0 Å². The van der Waals surface area contributed by atoms with Gasteiger partial charge in [-0.3, -0.25) is 9.69 Å². The number of rotatable bonds is 13. The maximum Gasteiger partial charge on any atom is 0.254 e. The molecular weight excluding hydrogens is 480 g/mol. The maximum absolute atomic E-state index is 13.3. The van der Waals surface area contributed by atoms with E-state index in [1.54, 1.807) is 28.4 Å². The molecular formula is C31H38N2O5. The Morgan fingerprint density at radius 1 is 0.763 bits per heavy atom. The summed E-state index contributed by atoms with van der Waals surface area (Å²) in [5.74, 6) is 2.80. The third-order valence-electron chi connectivity index (χ3n) is 7.09. The first-order chi connectivity index (χ1) is 18.6. The van der Waals surface area contributed by atoms with Crippen LogP contribution in [0.3, 0.4) is 0 Å². The Morgan fingerprint density at radius 3 is 2.16 bits per heavy atom. The fraction of sp³-hybridized carbons (Fsp3) is 0.387. The predicted octanol–water partition coefficient (Wildman–Crippen LogP) is 4.85. The maximum atomic E-state index is 13.3. The molecule has 0 fully saturated rings. The van der Waals surface area contributed by atoms with E-state index in [1.165, 1.54) is 11.1 Å². The van der Waals surface area contributed by atoms with Gasteiger partial charge in [0.1, 0.15) is 0 Å². The lowest BCUT2D eigenvalue weighted by Crippen LogP contribution is -2.39. The van der Waals surface area contributed by atoms with Crippen molar-refractivity contribution in [2.45, 2.75) is 25.8 Å². The molecule has 7 heteroatoms. The van der Waals surface area contributed by atoms with Crippen molar-refractivity contribution in [3.8, 4) is 23.0 Å². The summed E-state index contributed by atoms with van der Waals surface area (Å²) in [6, 6.07) is 20.4. The van der Waals surface area contributed by atoms with E-state index in [9.17, 15) is 4.79 Å². The van der Waals surface area contributed by atoms with E-state index in [1.807, 2.05) is 35.2 Å². The summed E-state index contributed by atoms with van der Waals surface area (Å²) in [5, 5.41) is 0. The van der Waals surface area contributed by atoms with Crippen molar-refractivity contribution in [3.05, 3.63) is 82.9 Å². The molecule has 3 aromatic carbocycles. The number of hydrogen-bond acceptors (Lipinski definition) is 6. The SMILES string of the molecule is COc1ccc(CCN(CCCN2CCc3cc(OC)c(OC)cc3C2=O)Cc2ccccc2)cc1OC. The normalized spacial score (nSPS) is 12.9. The van der Waals surface area contributed by atoms with Crippen LogP contribution < -0.4 is 18.9 Å². The minimum absolute atomic E-state index is 0.0622. The second-order valence-corrected chi connectivity index (χ2v) is 9.46. The number of benzene rings is 3. The molecule has 0 N–H and O–H groups in total. The number of methoxy groups -OCH3 is 4. The number of nitrogens with zero attached hydrogens (tertiary/aromatic N) is 2. The molecule has 1 aliphatic heterocycles. The molecule has 4 rings (SSSR count). The number of carbonyl (C=O) groups excluding carboxylic acids is 1. The molecule has 0 aromatic heterocycles. The van der Waals surface area contributed by atoms with Gasteiger partial charge >= 0.3 is 0 Å². The van der Waals surface area contributed by atoms with Gasteiger partial charge in [0.25, 0.3) is 5.91 Å². The number of amides is 1. The molecule has 0 saturated heterocycles. The van der Waals surface area contributed by atoms with Gasteiger partial charge in [0.05, 0.1) is 28.4 Å². The van der Waals surface area contributed by atoms with Gasteiger partial charge in [-0.05, 0) is 60.2 Å². The largest absolute Gasteiger partial charge is 0.493 e. The van der Waals surface area contributed by atoms with Gasteiger partial charge in [-0.1, -0.05) is 36.4 Å². The second kappa shape index (κ2) is 13.2. The Hall–Kier alpha value is -3.71. The lowest BCUT2D eigenvalue weighted by Gasteiger charge is -2.30. The minimum Gasteiger partial charge on any atom is -0.493 e. The highest BCUT2D eigenvalue weighted by molar-refractivity contribution is 5.97. The topological polar surface area (TPSA) is 60.5 Å². The van der Waals surface area contributed by atoms with Crippen LogP contribution in [0, 0.1) is 0 Å². The van der Waals surface area contributed by atoms with Crippen molar-refractivity contribution in [2.24, 2.45) is 0 Å². The second-order valence-electron chi connectivity index (χ2n) is 9.46. The molecule has 0 saturated carbocycles. The van der Waals surface area contributed by atoms with Crippen LogP contribution in [0.15, 0.2) is 60.7 Å². The lowest BCUT2D eigenvalue weighted by molar-refractivity contribution is 0.0730. The Morgan fingerprint density at radius 2 is 1.45 bits per heavy atom. The van der Waals surface area contributed by atoms with E-state index in [4.69, 9.17) is 18.9 Å². The summed E-state index contributed by atoms with van der Waals surface area (Å²) in [4.78, 5) is 17.7. The molecule has 0 radical (unpaired) electrons. The van der Waals surface area contributed by atoms with Gasteiger partial charge in [-0.2, -0.15) is 0 Å². The molecule has 7 nitrogen and oxygen atoms in total. The van der Waals surface area contributed by atoms with Crippen molar-refractivity contribution in [1.29, 1.82) is 0 Å². The first-order valence-electron chi connectivity index (χ1n) is 13.1. The van der Waals surface area contributed by atoms with E-state index in [0.717, 1.165) is 56.0 Å². The number of ether oxygens (including phenoxy) is 4. The molecule has 1 amide bonds. The van der Waals surface area contributed by atoms with Crippen LogP contribution in [-0.4, -0.2) is 70.3 Å². The first kappa shape index (κ1) is 27.3. The Labute approximate surface area is 225 Å². The molecule has 202 valence electrons. The third kappa shape index (κ3) is 6.58.